The fourth-order valence-electron chi connectivity index (χ4n) is 2.97. The smallest absolute Gasteiger partial charge is 0.169 e. The maximum absolute atomic E-state index is 10.9. The Hall–Kier alpha value is -2.79. The van der Waals surface area contributed by atoms with Gasteiger partial charge in [0.2, 0.25) is 0 Å². The highest BCUT2D eigenvalue weighted by atomic mass is 35.5. The number of ether oxygens (including phenoxy) is 2. The lowest BCUT2D eigenvalue weighted by Crippen LogP contribution is -2.12. The fourth-order valence-corrected chi connectivity index (χ4v) is 3.17. The van der Waals surface area contributed by atoms with Crippen molar-refractivity contribution >= 4 is 28.9 Å². The molecule has 1 aromatic heterocycles. The molecule has 1 unspecified atom stereocenters. The van der Waals surface area contributed by atoms with Gasteiger partial charge in [-0.25, -0.2) is 0 Å². The van der Waals surface area contributed by atoms with Crippen LogP contribution in [0.3, 0.4) is 0 Å². The minimum absolute atomic E-state index is 0.367. The summed E-state index contributed by atoms with van der Waals surface area (Å²) in [5, 5.41) is 5.41. The lowest BCUT2D eigenvalue weighted by molar-refractivity contribution is -0.113. The van der Waals surface area contributed by atoms with Crippen molar-refractivity contribution in [3.63, 3.8) is 0 Å². The molecule has 6 heteroatoms. The highest BCUT2D eigenvalue weighted by molar-refractivity contribution is 6.32. The van der Waals surface area contributed by atoms with Crippen LogP contribution in [0.4, 0.5) is 0 Å². The molecule has 1 atom stereocenters. The molecule has 28 heavy (non-hydrogen) atoms. The summed E-state index contributed by atoms with van der Waals surface area (Å²) in [5.41, 5.74) is 3.33. The first-order valence-corrected chi connectivity index (χ1v) is 9.53. The van der Waals surface area contributed by atoms with E-state index in [0.29, 0.717) is 28.7 Å². The third-order valence-electron chi connectivity index (χ3n) is 4.25. The van der Waals surface area contributed by atoms with E-state index >= 15 is 0 Å². The average Bonchev–Trinajstić information content (AvgIpc) is 3.09. The van der Waals surface area contributed by atoms with Gasteiger partial charge >= 0.3 is 0 Å². The third kappa shape index (κ3) is 4.20. The number of carbonyl (C=O) groups excluding carboxylic acids is 1. The van der Waals surface area contributed by atoms with Gasteiger partial charge in [0.1, 0.15) is 23.8 Å². The SMILES string of the molecule is C=CCOc1ccc(-c2noc3cc(Cl)c(OC(C)C=O)cc23)c(CCC)c1. The van der Waals surface area contributed by atoms with Gasteiger partial charge in [0, 0.05) is 11.6 Å². The monoisotopic (exact) mass is 399 g/mol. The molecule has 0 amide bonds. The Morgan fingerprint density at radius 1 is 1.32 bits per heavy atom. The molecule has 0 aliphatic heterocycles. The van der Waals surface area contributed by atoms with E-state index in [2.05, 4.69) is 18.7 Å². The number of aldehydes is 1. The zero-order chi connectivity index (χ0) is 20.1. The van der Waals surface area contributed by atoms with Crippen LogP contribution in [0.1, 0.15) is 25.8 Å². The summed E-state index contributed by atoms with van der Waals surface area (Å²) in [6.07, 6.45) is 3.68. The number of hydrogen-bond acceptors (Lipinski definition) is 5. The van der Waals surface area contributed by atoms with E-state index in [1.165, 1.54) is 0 Å². The molecule has 0 aliphatic rings. The maximum Gasteiger partial charge on any atom is 0.169 e. The molecule has 0 spiro atoms. The van der Waals surface area contributed by atoms with Crippen molar-refractivity contribution in [3.8, 4) is 22.8 Å². The number of fused-ring (bicyclic) bond motifs is 1. The van der Waals surface area contributed by atoms with Crippen molar-refractivity contribution in [3.05, 3.63) is 53.6 Å². The van der Waals surface area contributed by atoms with Crippen LogP contribution in [0, 0.1) is 0 Å². The van der Waals surface area contributed by atoms with Gasteiger partial charge in [-0.2, -0.15) is 0 Å². The van der Waals surface area contributed by atoms with Gasteiger partial charge in [0.25, 0.3) is 0 Å². The Bertz CT molecular complexity index is 996. The zero-order valence-corrected chi connectivity index (χ0v) is 16.7. The van der Waals surface area contributed by atoms with E-state index < -0.39 is 6.10 Å². The van der Waals surface area contributed by atoms with Crippen molar-refractivity contribution < 1.29 is 18.8 Å². The minimum atomic E-state index is -0.602. The molecule has 0 saturated carbocycles. The van der Waals surface area contributed by atoms with Gasteiger partial charge in [-0.1, -0.05) is 42.8 Å². The lowest BCUT2D eigenvalue weighted by atomic mass is 9.98. The predicted molar refractivity (Wildman–Crippen MR) is 110 cm³/mol. The standard InChI is InChI=1S/C22H22ClNO4/c1-4-6-15-10-16(26-9-5-2)7-8-17(15)22-18-11-21(27-14(3)13-25)19(23)12-20(18)28-24-22/h5,7-8,10-14H,2,4,6,9H2,1,3H3. The van der Waals surface area contributed by atoms with Gasteiger partial charge in [0.15, 0.2) is 18.0 Å². The molecule has 0 N–H and O–H groups in total. The number of aryl methyl sites for hydroxylation is 1. The topological polar surface area (TPSA) is 61.6 Å². The molecule has 5 nitrogen and oxygen atoms in total. The van der Waals surface area contributed by atoms with Crippen LogP contribution >= 0.6 is 11.6 Å². The second kappa shape index (κ2) is 8.93. The van der Waals surface area contributed by atoms with Gasteiger partial charge in [-0.05, 0) is 43.2 Å². The highest BCUT2D eigenvalue weighted by Gasteiger charge is 2.18. The lowest BCUT2D eigenvalue weighted by Gasteiger charge is -2.12. The minimum Gasteiger partial charge on any atom is -0.490 e. The van der Waals surface area contributed by atoms with Gasteiger partial charge in [-0.15, -0.1) is 0 Å². The number of halogens is 1. The molecule has 0 fully saturated rings. The molecule has 3 aromatic rings. The molecule has 0 aliphatic carbocycles. The molecule has 3 rings (SSSR count). The second-order valence-corrected chi connectivity index (χ2v) is 6.84. The summed E-state index contributed by atoms with van der Waals surface area (Å²) in [6, 6.07) is 9.32. The van der Waals surface area contributed by atoms with Crippen molar-refractivity contribution in [1.82, 2.24) is 5.16 Å². The zero-order valence-electron chi connectivity index (χ0n) is 15.9. The average molecular weight is 400 g/mol. The van der Waals surface area contributed by atoms with Crippen molar-refractivity contribution in [2.75, 3.05) is 6.61 Å². The molecule has 0 saturated heterocycles. The van der Waals surface area contributed by atoms with Crippen LogP contribution in [-0.2, 0) is 11.2 Å². The quantitative estimate of drug-likeness (QED) is 0.344. The van der Waals surface area contributed by atoms with E-state index in [1.54, 1.807) is 25.1 Å². The van der Waals surface area contributed by atoms with Crippen molar-refractivity contribution in [2.45, 2.75) is 32.8 Å². The van der Waals surface area contributed by atoms with Crippen LogP contribution in [-0.4, -0.2) is 24.2 Å². The Balaban J connectivity index is 2.08. The summed E-state index contributed by atoms with van der Waals surface area (Å²) in [4.78, 5) is 10.9. The molecular formula is C22H22ClNO4. The Labute approximate surface area is 168 Å². The molecule has 146 valence electrons. The van der Waals surface area contributed by atoms with Gasteiger partial charge in [-0.3, -0.25) is 4.79 Å². The molecule has 2 aromatic carbocycles. The number of nitrogens with zero attached hydrogens (tertiary/aromatic N) is 1. The summed E-state index contributed by atoms with van der Waals surface area (Å²) in [6.45, 7) is 7.90. The highest BCUT2D eigenvalue weighted by Crippen LogP contribution is 2.38. The first kappa shape index (κ1) is 20.0. The van der Waals surface area contributed by atoms with Gasteiger partial charge < -0.3 is 14.0 Å². The summed E-state index contributed by atoms with van der Waals surface area (Å²) in [5.74, 6) is 1.20. The Morgan fingerprint density at radius 3 is 2.86 bits per heavy atom. The van der Waals surface area contributed by atoms with Crippen LogP contribution < -0.4 is 9.47 Å². The summed E-state index contributed by atoms with van der Waals surface area (Å²) < 4.78 is 16.8. The number of carbonyl (C=O) groups is 1. The number of rotatable bonds is 9. The number of aromatic nitrogens is 1. The van der Waals surface area contributed by atoms with E-state index in [9.17, 15) is 4.79 Å². The first-order valence-electron chi connectivity index (χ1n) is 9.15. The largest absolute Gasteiger partial charge is 0.490 e. The van der Waals surface area contributed by atoms with E-state index in [1.807, 2.05) is 18.2 Å². The second-order valence-electron chi connectivity index (χ2n) is 6.44. The number of benzene rings is 2. The van der Waals surface area contributed by atoms with Crippen LogP contribution in [0.5, 0.6) is 11.5 Å². The van der Waals surface area contributed by atoms with Crippen LogP contribution in [0.25, 0.3) is 22.2 Å². The Morgan fingerprint density at radius 2 is 2.14 bits per heavy atom. The summed E-state index contributed by atoms with van der Waals surface area (Å²) >= 11 is 6.26. The van der Waals surface area contributed by atoms with Crippen molar-refractivity contribution in [2.24, 2.45) is 0 Å². The van der Waals surface area contributed by atoms with Crippen LogP contribution in [0.15, 0.2) is 47.5 Å². The van der Waals surface area contributed by atoms with Crippen molar-refractivity contribution in [1.29, 1.82) is 0 Å². The molecule has 0 bridgehead atoms. The van der Waals surface area contributed by atoms with Crippen LogP contribution in [0.2, 0.25) is 5.02 Å². The third-order valence-corrected chi connectivity index (χ3v) is 4.54. The van der Waals surface area contributed by atoms with Gasteiger partial charge in [0.05, 0.1) is 10.4 Å². The van der Waals surface area contributed by atoms with E-state index in [0.717, 1.165) is 41.4 Å². The number of hydrogen-bond donors (Lipinski definition) is 0. The van der Waals surface area contributed by atoms with E-state index in [4.69, 9.17) is 25.6 Å². The predicted octanol–water partition coefficient (Wildman–Crippen LogP) is 5.63. The fraction of sp³-hybridized carbons (Fsp3) is 0.273. The van der Waals surface area contributed by atoms with E-state index in [-0.39, 0.29) is 0 Å². The molecule has 1 heterocycles. The summed E-state index contributed by atoms with van der Waals surface area (Å²) in [7, 11) is 0. The maximum atomic E-state index is 10.9. The normalized spacial score (nSPS) is 12.0. The Kier molecular flexibility index (Phi) is 6.37. The first-order chi connectivity index (χ1) is 13.6. The molecular weight excluding hydrogens is 378 g/mol. The molecule has 0 radical (unpaired) electrons.